The Morgan fingerprint density at radius 3 is 2.25 bits per heavy atom. The molecule has 0 heterocycles. The fraction of sp³-hybridized carbons (Fsp3) is 0.222. The lowest BCUT2D eigenvalue weighted by Crippen LogP contribution is -2.35. The molecule has 0 aliphatic heterocycles. The molecule has 0 unspecified atom stereocenters. The van der Waals surface area contributed by atoms with Gasteiger partial charge in [-0.2, -0.15) is 0 Å². The first kappa shape index (κ1) is 16.6. The minimum Gasteiger partial charge on any atom is -0.325 e. The summed E-state index contributed by atoms with van der Waals surface area (Å²) in [6, 6.07) is 11.0. The van der Waals surface area contributed by atoms with Crippen LogP contribution >= 0.6 is 15.9 Å². The van der Waals surface area contributed by atoms with E-state index in [1.54, 1.807) is 6.07 Å². The average Bonchev–Trinajstić information content (AvgIpc) is 3.34. The maximum Gasteiger partial charge on any atom is 0.240 e. The van der Waals surface area contributed by atoms with Crippen molar-refractivity contribution in [2.24, 2.45) is 5.41 Å². The van der Waals surface area contributed by atoms with Crippen LogP contribution in [0.3, 0.4) is 0 Å². The molecule has 1 aliphatic rings. The molecule has 0 spiro atoms. The predicted molar refractivity (Wildman–Crippen MR) is 94.2 cm³/mol. The molecule has 1 fully saturated rings. The molecule has 2 amide bonds. The van der Waals surface area contributed by atoms with Crippen LogP contribution in [-0.2, 0) is 9.59 Å². The minimum atomic E-state index is -1.06. The summed E-state index contributed by atoms with van der Waals surface area (Å²) in [6.45, 7) is 1.95. The molecule has 0 atom stereocenters. The second-order valence-electron chi connectivity index (χ2n) is 5.98. The number of hydrogen-bond acceptors (Lipinski definition) is 2. The van der Waals surface area contributed by atoms with E-state index in [0.29, 0.717) is 24.2 Å². The van der Waals surface area contributed by atoms with E-state index in [-0.39, 0.29) is 17.6 Å². The quantitative estimate of drug-likeness (QED) is 0.766. The summed E-state index contributed by atoms with van der Waals surface area (Å²) >= 11 is 3.41. The number of carbonyl (C=O) groups excluding carboxylic acids is 2. The third-order valence-electron chi connectivity index (χ3n) is 4.09. The van der Waals surface area contributed by atoms with Crippen LogP contribution in [0, 0.1) is 18.2 Å². The highest BCUT2D eigenvalue weighted by Gasteiger charge is 2.56. The van der Waals surface area contributed by atoms with Crippen LogP contribution in [0.2, 0.25) is 0 Å². The van der Waals surface area contributed by atoms with Crippen molar-refractivity contribution in [3.63, 3.8) is 0 Å². The van der Waals surface area contributed by atoms with Gasteiger partial charge >= 0.3 is 0 Å². The Labute approximate surface area is 147 Å². The van der Waals surface area contributed by atoms with Crippen LogP contribution in [0.5, 0.6) is 0 Å². The van der Waals surface area contributed by atoms with Crippen LogP contribution in [0.1, 0.15) is 18.4 Å². The van der Waals surface area contributed by atoms with Gasteiger partial charge in [-0.25, -0.2) is 4.39 Å². The smallest absolute Gasteiger partial charge is 0.240 e. The Balaban J connectivity index is 1.71. The van der Waals surface area contributed by atoms with Gasteiger partial charge in [0.05, 0.1) is 5.69 Å². The first-order valence-electron chi connectivity index (χ1n) is 7.55. The summed E-state index contributed by atoms with van der Waals surface area (Å²) in [7, 11) is 0. The van der Waals surface area contributed by atoms with Crippen LogP contribution < -0.4 is 10.6 Å². The monoisotopic (exact) mass is 390 g/mol. The van der Waals surface area contributed by atoms with Gasteiger partial charge in [0.2, 0.25) is 11.8 Å². The summed E-state index contributed by atoms with van der Waals surface area (Å²) in [5.74, 6) is -1.07. The minimum absolute atomic E-state index is 0.327. The second kappa shape index (κ2) is 6.36. The SMILES string of the molecule is Cc1ccc(NC(=O)C2(C(=O)Nc3ccc(F)cc3)CC2)c(Br)c1. The zero-order valence-corrected chi connectivity index (χ0v) is 14.6. The third kappa shape index (κ3) is 3.33. The molecule has 4 nitrogen and oxygen atoms in total. The largest absolute Gasteiger partial charge is 0.325 e. The lowest BCUT2D eigenvalue weighted by atomic mass is 10.0. The van der Waals surface area contributed by atoms with Crippen molar-refractivity contribution in [3.05, 3.63) is 58.3 Å². The average molecular weight is 391 g/mol. The lowest BCUT2D eigenvalue weighted by Gasteiger charge is -2.16. The number of nitrogens with one attached hydrogen (secondary N) is 2. The molecule has 6 heteroatoms. The summed E-state index contributed by atoms with van der Waals surface area (Å²) < 4.78 is 13.7. The van der Waals surface area contributed by atoms with Gasteiger partial charge in [0.15, 0.2) is 0 Å². The molecular weight excluding hydrogens is 375 g/mol. The van der Waals surface area contributed by atoms with Crippen molar-refractivity contribution in [2.75, 3.05) is 10.6 Å². The molecule has 0 radical (unpaired) electrons. The predicted octanol–water partition coefficient (Wildman–Crippen LogP) is 4.25. The number of amides is 2. The Kier molecular flexibility index (Phi) is 4.41. The number of carbonyl (C=O) groups is 2. The van der Waals surface area contributed by atoms with E-state index in [9.17, 15) is 14.0 Å². The number of anilines is 2. The molecule has 0 saturated heterocycles. The molecule has 2 aromatic rings. The van der Waals surface area contributed by atoms with Crippen molar-refractivity contribution >= 4 is 39.1 Å². The molecule has 1 aliphatic carbocycles. The Morgan fingerprint density at radius 1 is 1.04 bits per heavy atom. The van der Waals surface area contributed by atoms with E-state index in [1.165, 1.54) is 24.3 Å². The highest BCUT2D eigenvalue weighted by atomic mass is 79.9. The summed E-state index contributed by atoms with van der Waals surface area (Å²) in [4.78, 5) is 25.0. The van der Waals surface area contributed by atoms with Gasteiger partial charge in [-0.05, 0) is 77.7 Å². The summed E-state index contributed by atoms with van der Waals surface area (Å²) in [6.07, 6.45) is 0.991. The lowest BCUT2D eigenvalue weighted by molar-refractivity contribution is -0.131. The van der Waals surface area contributed by atoms with Gasteiger partial charge < -0.3 is 10.6 Å². The van der Waals surface area contributed by atoms with Crippen LogP contribution in [0.15, 0.2) is 46.9 Å². The van der Waals surface area contributed by atoms with E-state index >= 15 is 0 Å². The van der Waals surface area contributed by atoms with Gasteiger partial charge in [-0.3, -0.25) is 9.59 Å². The molecule has 24 heavy (non-hydrogen) atoms. The van der Waals surface area contributed by atoms with Gasteiger partial charge in [-0.15, -0.1) is 0 Å². The molecule has 2 N–H and O–H groups in total. The molecule has 0 aromatic heterocycles. The molecule has 1 saturated carbocycles. The fourth-order valence-corrected chi connectivity index (χ4v) is 3.02. The third-order valence-corrected chi connectivity index (χ3v) is 4.75. The summed E-state index contributed by atoms with van der Waals surface area (Å²) in [5, 5.41) is 5.49. The van der Waals surface area contributed by atoms with Crippen molar-refractivity contribution in [3.8, 4) is 0 Å². The van der Waals surface area contributed by atoms with Crippen molar-refractivity contribution in [1.82, 2.24) is 0 Å². The standard InChI is InChI=1S/C18H16BrFN2O2/c1-11-2-7-15(14(19)10-11)22-17(24)18(8-9-18)16(23)21-13-5-3-12(20)4-6-13/h2-7,10H,8-9H2,1H3,(H,21,23)(H,22,24). The van der Waals surface area contributed by atoms with Crippen molar-refractivity contribution < 1.29 is 14.0 Å². The Morgan fingerprint density at radius 2 is 1.67 bits per heavy atom. The number of aryl methyl sites for hydroxylation is 1. The normalized spacial score (nSPS) is 14.8. The van der Waals surface area contributed by atoms with E-state index in [2.05, 4.69) is 26.6 Å². The van der Waals surface area contributed by atoms with Gasteiger partial charge in [0, 0.05) is 10.2 Å². The molecule has 0 bridgehead atoms. The molecule has 124 valence electrons. The van der Waals surface area contributed by atoms with Crippen LogP contribution in [0.4, 0.5) is 15.8 Å². The molecule has 2 aromatic carbocycles. The molecular formula is C18H16BrFN2O2. The Bertz CT molecular complexity index is 801. The van der Waals surface area contributed by atoms with Crippen molar-refractivity contribution in [2.45, 2.75) is 19.8 Å². The van der Waals surface area contributed by atoms with Gasteiger partial charge in [-0.1, -0.05) is 6.07 Å². The van der Waals surface area contributed by atoms with Crippen LogP contribution in [0.25, 0.3) is 0 Å². The highest BCUT2D eigenvalue weighted by molar-refractivity contribution is 9.10. The topological polar surface area (TPSA) is 58.2 Å². The summed E-state index contributed by atoms with van der Waals surface area (Å²) in [5.41, 5.74) is 1.11. The van der Waals surface area contributed by atoms with Crippen LogP contribution in [-0.4, -0.2) is 11.8 Å². The number of benzene rings is 2. The zero-order valence-electron chi connectivity index (χ0n) is 13.0. The van der Waals surface area contributed by atoms with Gasteiger partial charge in [0.25, 0.3) is 0 Å². The number of rotatable bonds is 4. The number of hydrogen-bond donors (Lipinski definition) is 2. The Hall–Kier alpha value is -2.21. The zero-order chi connectivity index (χ0) is 17.3. The molecule has 3 rings (SSSR count). The second-order valence-corrected chi connectivity index (χ2v) is 6.83. The maximum absolute atomic E-state index is 12.9. The fourth-order valence-electron chi connectivity index (χ4n) is 2.43. The first-order valence-corrected chi connectivity index (χ1v) is 8.35. The van der Waals surface area contributed by atoms with E-state index in [4.69, 9.17) is 0 Å². The van der Waals surface area contributed by atoms with E-state index in [0.717, 1.165) is 10.0 Å². The van der Waals surface area contributed by atoms with Gasteiger partial charge in [0.1, 0.15) is 11.2 Å². The highest BCUT2D eigenvalue weighted by Crippen LogP contribution is 2.47. The number of halogens is 2. The maximum atomic E-state index is 12.9. The van der Waals surface area contributed by atoms with E-state index in [1.807, 2.05) is 19.1 Å². The first-order chi connectivity index (χ1) is 11.4. The van der Waals surface area contributed by atoms with E-state index < -0.39 is 5.41 Å². The van der Waals surface area contributed by atoms with Crippen molar-refractivity contribution in [1.29, 1.82) is 0 Å².